The molecule has 0 fully saturated rings. The average molecular weight is 317 g/mol. The van der Waals surface area contributed by atoms with E-state index in [4.69, 9.17) is 14.3 Å². The lowest BCUT2D eigenvalue weighted by atomic mass is 10.1. The number of nitrogens with one attached hydrogen (secondary N) is 1. The first-order valence-corrected chi connectivity index (χ1v) is 7.34. The number of amides is 1. The molecule has 122 valence electrons. The number of ether oxygens (including phenoxy) is 1. The van der Waals surface area contributed by atoms with Crippen molar-refractivity contribution in [3.05, 3.63) is 47.4 Å². The first kappa shape index (κ1) is 16.6. The van der Waals surface area contributed by atoms with Gasteiger partial charge in [-0.1, -0.05) is 19.1 Å². The second kappa shape index (κ2) is 7.49. The van der Waals surface area contributed by atoms with E-state index in [1.165, 1.54) is 6.26 Å². The number of carbonyl (C=O) groups excluding carboxylic acids is 1. The third kappa shape index (κ3) is 4.12. The minimum Gasteiger partial charge on any atom is -0.491 e. The van der Waals surface area contributed by atoms with Crippen molar-refractivity contribution in [3.8, 4) is 5.75 Å². The third-order valence-electron chi connectivity index (χ3n) is 3.19. The van der Waals surface area contributed by atoms with Crippen LogP contribution in [-0.4, -0.2) is 23.6 Å². The van der Waals surface area contributed by atoms with E-state index in [2.05, 4.69) is 5.32 Å². The van der Waals surface area contributed by atoms with Crippen molar-refractivity contribution in [2.75, 3.05) is 11.9 Å². The molecule has 2 aromatic rings. The minimum absolute atomic E-state index is 0.138. The van der Waals surface area contributed by atoms with E-state index in [9.17, 15) is 9.59 Å². The lowest BCUT2D eigenvalue weighted by molar-refractivity contribution is -0.136. The van der Waals surface area contributed by atoms with E-state index in [1.807, 2.05) is 13.0 Å². The Hall–Kier alpha value is -2.76. The molecule has 6 nitrogen and oxygen atoms in total. The number of furan rings is 1. The number of carboxylic acid groups (broad SMARTS) is 1. The highest BCUT2D eigenvalue weighted by atomic mass is 16.5. The summed E-state index contributed by atoms with van der Waals surface area (Å²) < 4.78 is 10.8. The number of para-hydroxylation sites is 2. The van der Waals surface area contributed by atoms with Crippen LogP contribution in [-0.2, 0) is 11.2 Å². The molecular formula is C17H19NO5. The number of aryl methyl sites for hydroxylation is 1. The highest BCUT2D eigenvalue weighted by molar-refractivity contribution is 6.07. The number of hydrogen-bond acceptors (Lipinski definition) is 4. The molecule has 1 heterocycles. The Bertz CT molecular complexity index is 705. The predicted octanol–water partition coefficient (Wildman–Crippen LogP) is 3.26. The second-order valence-corrected chi connectivity index (χ2v) is 5.09. The number of carbonyl (C=O) groups is 2. The number of rotatable bonds is 7. The van der Waals surface area contributed by atoms with Gasteiger partial charge in [0.1, 0.15) is 17.9 Å². The molecule has 0 unspecified atom stereocenters. The van der Waals surface area contributed by atoms with Gasteiger partial charge in [0.15, 0.2) is 0 Å². The van der Waals surface area contributed by atoms with Gasteiger partial charge < -0.3 is 19.6 Å². The largest absolute Gasteiger partial charge is 0.491 e. The molecule has 0 spiro atoms. The zero-order chi connectivity index (χ0) is 16.8. The predicted molar refractivity (Wildman–Crippen MR) is 85.0 cm³/mol. The van der Waals surface area contributed by atoms with Gasteiger partial charge in [-0.05, 0) is 25.5 Å². The maximum absolute atomic E-state index is 12.5. The monoisotopic (exact) mass is 317 g/mol. The quantitative estimate of drug-likeness (QED) is 0.818. The fourth-order valence-corrected chi connectivity index (χ4v) is 2.16. The summed E-state index contributed by atoms with van der Waals surface area (Å²) in [4.78, 5) is 23.4. The summed E-state index contributed by atoms with van der Waals surface area (Å²) in [6, 6.07) is 7.11. The second-order valence-electron chi connectivity index (χ2n) is 5.09. The van der Waals surface area contributed by atoms with E-state index in [1.54, 1.807) is 25.1 Å². The molecule has 1 aromatic heterocycles. The van der Waals surface area contributed by atoms with E-state index >= 15 is 0 Å². The third-order valence-corrected chi connectivity index (χ3v) is 3.19. The molecule has 23 heavy (non-hydrogen) atoms. The summed E-state index contributed by atoms with van der Waals surface area (Å²) in [6.45, 7) is 4.24. The Kier molecular flexibility index (Phi) is 5.41. The summed E-state index contributed by atoms with van der Waals surface area (Å²) in [7, 11) is 0. The lowest BCUT2D eigenvalue weighted by Gasteiger charge is -2.12. The molecule has 2 N–H and O–H groups in total. The Labute approximate surface area is 134 Å². The lowest BCUT2D eigenvalue weighted by Crippen LogP contribution is -2.16. The highest BCUT2D eigenvalue weighted by Crippen LogP contribution is 2.26. The van der Waals surface area contributed by atoms with E-state index < -0.39 is 11.9 Å². The molecule has 0 saturated carbocycles. The molecule has 2 rings (SSSR count). The zero-order valence-corrected chi connectivity index (χ0v) is 13.1. The molecule has 1 amide bonds. The zero-order valence-electron chi connectivity index (χ0n) is 13.1. The minimum atomic E-state index is -1.06. The van der Waals surface area contributed by atoms with Gasteiger partial charge in [-0.2, -0.15) is 0 Å². The van der Waals surface area contributed by atoms with Crippen molar-refractivity contribution < 1.29 is 23.8 Å². The summed E-state index contributed by atoms with van der Waals surface area (Å²) in [5.41, 5.74) is 1.37. The summed E-state index contributed by atoms with van der Waals surface area (Å²) in [6.07, 6.45) is 1.89. The van der Waals surface area contributed by atoms with Crippen LogP contribution < -0.4 is 10.1 Å². The van der Waals surface area contributed by atoms with Crippen LogP contribution in [0.3, 0.4) is 0 Å². The van der Waals surface area contributed by atoms with Crippen LogP contribution in [0.1, 0.15) is 35.0 Å². The molecule has 0 bridgehead atoms. The van der Waals surface area contributed by atoms with Gasteiger partial charge in [0.05, 0.1) is 24.1 Å². The Morgan fingerprint density at radius 2 is 2.04 bits per heavy atom. The van der Waals surface area contributed by atoms with Gasteiger partial charge >= 0.3 is 5.97 Å². The Balaban J connectivity index is 2.23. The maximum Gasteiger partial charge on any atom is 0.311 e. The summed E-state index contributed by atoms with van der Waals surface area (Å²) in [5.74, 6) is -0.761. The molecule has 0 aliphatic rings. The molecule has 0 radical (unpaired) electrons. The standard InChI is InChI=1S/C17H19NO5/c1-3-8-22-13-7-5-4-6-12(13)18-17(21)16-11(2)10-23-14(16)9-15(19)20/h4-7,10H,3,8-9H2,1-2H3,(H,18,21)(H,19,20). The number of hydrogen-bond donors (Lipinski definition) is 2. The van der Waals surface area contributed by atoms with Crippen molar-refractivity contribution in [1.29, 1.82) is 0 Å². The fraction of sp³-hybridized carbons (Fsp3) is 0.294. The number of carboxylic acids is 1. The van der Waals surface area contributed by atoms with Gasteiger partial charge in [-0.25, -0.2) is 0 Å². The van der Waals surface area contributed by atoms with Crippen LogP contribution in [0.2, 0.25) is 0 Å². The van der Waals surface area contributed by atoms with Crippen molar-refractivity contribution in [2.45, 2.75) is 26.7 Å². The molecule has 0 saturated heterocycles. The number of benzene rings is 1. The molecule has 0 aliphatic heterocycles. The smallest absolute Gasteiger partial charge is 0.311 e. The van der Waals surface area contributed by atoms with E-state index in [0.29, 0.717) is 23.6 Å². The van der Waals surface area contributed by atoms with Crippen LogP contribution in [0, 0.1) is 6.92 Å². The van der Waals surface area contributed by atoms with Gasteiger partial charge in [0, 0.05) is 5.56 Å². The van der Waals surface area contributed by atoms with Crippen LogP contribution in [0.15, 0.2) is 34.9 Å². The molecular weight excluding hydrogens is 298 g/mol. The van der Waals surface area contributed by atoms with Gasteiger partial charge in [0.25, 0.3) is 5.91 Å². The van der Waals surface area contributed by atoms with Gasteiger partial charge in [-0.3, -0.25) is 9.59 Å². The van der Waals surface area contributed by atoms with Crippen molar-refractivity contribution in [2.24, 2.45) is 0 Å². The van der Waals surface area contributed by atoms with Crippen LogP contribution in [0.25, 0.3) is 0 Å². The van der Waals surface area contributed by atoms with Crippen molar-refractivity contribution >= 4 is 17.6 Å². The van der Waals surface area contributed by atoms with Crippen LogP contribution in [0.5, 0.6) is 5.75 Å². The first-order valence-electron chi connectivity index (χ1n) is 7.34. The maximum atomic E-state index is 12.5. The van der Waals surface area contributed by atoms with E-state index in [0.717, 1.165) is 6.42 Å². The highest BCUT2D eigenvalue weighted by Gasteiger charge is 2.21. The fourth-order valence-electron chi connectivity index (χ4n) is 2.16. The average Bonchev–Trinajstić information content (AvgIpc) is 2.86. The first-order chi connectivity index (χ1) is 11.0. The Morgan fingerprint density at radius 3 is 2.74 bits per heavy atom. The van der Waals surface area contributed by atoms with Crippen LogP contribution >= 0.6 is 0 Å². The summed E-state index contributed by atoms with van der Waals surface area (Å²) in [5, 5.41) is 11.7. The van der Waals surface area contributed by atoms with Gasteiger partial charge in [-0.15, -0.1) is 0 Å². The van der Waals surface area contributed by atoms with Gasteiger partial charge in [0.2, 0.25) is 0 Å². The topological polar surface area (TPSA) is 88.8 Å². The van der Waals surface area contributed by atoms with E-state index in [-0.39, 0.29) is 17.7 Å². The van der Waals surface area contributed by atoms with Crippen molar-refractivity contribution in [3.63, 3.8) is 0 Å². The molecule has 0 atom stereocenters. The van der Waals surface area contributed by atoms with Crippen LogP contribution in [0.4, 0.5) is 5.69 Å². The van der Waals surface area contributed by atoms with Crippen molar-refractivity contribution in [1.82, 2.24) is 0 Å². The molecule has 1 aromatic carbocycles. The normalized spacial score (nSPS) is 10.3. The Morgan fingerprint density at radius 1 is 1.30 bits per heavy atom. The molecule has 0 aliphatic carbocycles. The number of anilines is 1. The number of aliphatic carboxylic acids is 1. The molecule has 6 heteroatoms. The SMILES string of the molecule is CCCOc1ccccc1NC(=O)c1c(C)coc1CC(=O)O. The summed E-state index contributed by atoms with van der Waals surface area (Å²) >= 11 is 0.